The molecule has 198 valence electrons. The smallest absolute Gasteiger partial charge is 0.264 e. The molecule has 3 aliphatic heterocycles. The molecule has 3 fully saturated rings. The Morgan fingerprint density at radius 2 is 1.76 bits per heavy atom. The summed E-state index contributed by atoms with van der Waals surface area (Å²) in [6, 6.07) is 15.9. The lowest BCUT2D eigenvalue weighted by atomic mass is 9.87. The molecular weight excluding hydrogens is 500 g/mol. The number of thiophene rings is 1. The molecule has 3 aromatic rings. The quantitative estimate of drug-likeness (QED) is 0.521. The number of piperazine rings is 1. The highest BCUT2D eigenvalue weighted by atomic mass is 32.1. The van der Waals surface area contributed by atoms with Gasteiger partial charge in [0.05, 0.1) is 25.3 Å². The number of benzene rings is 2. The van der Waals surface area contributed by atoms with Crippen LogP contribution in [0.5, 0.6) is 0 Å². The number of carbonyl (C=O) groups excluding carboxylic acids is 3. The number of carbonyl (C=O) groups is 3. The van der Waals surface area contributed by atoms with Gasteiger partial charge in [-0.15, -0.1) is 11.3 Å². The number of hydrogen-bond donors (Lipinski definition) is 2. The molecule has 2 N–H and O–H groups in total. The third-order valence-electron chi connectivity index (χ3n) is 8.03. The maximum atomic E-state index is 13.9. The van der Waals surface area contributed by atoms with Crippen molar-refractivity contribution in [3.63, 3.8) is 0 Å². The van der Waals surface area contributed by atoms with Crippen molar-refractivity contribution in [2.75, 3.05) is 64.9 Å². The third-order valence-corrected chi connectivity index (χ3v) is 9.19. The average molecular weight is 533 g/mol. The van der Waals surface area contributed by atoms with Gasteiger partial charge in [0.25, 0.3) is 11.8 Å². The Balaban J connectivity index is 1.27. The normalized spacial score (nSPS) is 19.1. The van der Waals surface area contributed by atoms with Gasteiger partial charge in [-0.3, -0.25) is 19.3 Å². The predicted molar refractivity (Wildman–Crippen MR) is 149 cm³/mol. The molecule has 10 heteroatoms. The van der Waals surface area contributed by atoms with Crippen molar-refractivity contribution in [1.29, 1.82) is 0 Å². The monoisotopic (exact) mass is 532 g/mol. The molecule has 0 radical (unpaired) electrons. The SMILES string of the molecule is CN(Cc1ccccc1N1CCNCC1)C(=O)c1sc2ccccc2c1C(=O)N1CC2(C1)C(=O)NCN2C. The summed E-state index contributed by atoms with van der Waals surface area (Å²) < 4.78 is 0.903. The fraction of sp³-hybridized carbons (Fsp3) is 0.393. The van der Waals surface area contributed by atoms with Crippen molar-refractivity contribution in [2.24, 2.45) is 0 Å². The molecule has 38 heavy (non-hydrogen) atoms. The number of amides is 3. The summed E-state index contributed by atoms with van der Waals surface area (Å²) in [6.45, 7) is 5.28. The van der Waals surface area contributed by atoms with Crippen LogP contribution >= 0.6 is 11.3 Å². The number of rotatable bonds is 5. The molecule has 4 heterocycles. The molecule has 0 saturated carbocycles. The summed E-state index contributed by atoms with van der Waals surface area (Å²) in [5.74, 6) is -0.409. The van der Waals surface area contributed by atoms with E-state index in [1.807, 2.05) is 48.3 Å². The topological polar surface area (TPSA) is 88.2 Å². The van der Waals surface area contributed by atoms with E-state index in [2.05, 4.69) is 27.7 Å². The lowest BCUT2D eigenvalue weighted by molar-refractivity contribution is -0.133. The van der Waals surface area contributed by atoms with Gasteiger partial charge in [0, 0.05) is 55.5 Å². The molecule has 1 aromatic heterocycles. The molecule has 0 unspecified atom stereocenters. The van der Waals surface area contributed by atoms with E-state index in [1.165, 1.54) is 11.3 Å². The zero-order valence-corrected chi connectivity index (χ0v) is 22.5. The zero-order chi connectivity index (χ0) is 26.4. The Kier molecular flexibility index (Phi) is 6.33. The van der Waals surface area contributed by atoms with Crippen LogP contribution in [-0.4, -0.2) is 98.0 Å². The van der Waals surface area contributed by atoms with Crippen molar-refractivity contribution < 1.29 is 14.4 Å². The number of nitrogens with one attached hydrogen (secondary N) is 2. The third kappa shape index (κ3) is 4.03. The number of fused-ring (bicyclic) bond motifs is 1. The molecular formula is C28H32N6O3S. The van der Waals surface area contributed by atoms with Crippen molar-refractivity contribution in [2.45, 2.75) is 12.1 Å². The van der Waals surface area contributed by atoms with Crippen molar-refractivity contribution >= 4 is 44.8 Å². The minimum Gasteiger partial charge on any atom is -0.369 e. The van der Waals surface area contributed by atoms with Crippen LogP contribution in [0.3, 0.4) is 0 Å². The Morgan fingerprint density at radius 3 is 2.50 bits per heavy atom. The van der Waals surface area contributed by atoms with E-state index in [9.17, 15) is 14.4 Å². The second kappa shape index (κ2) is 9.68. The van der Waals surface area contributed by atoms with Crippen LogP contribution in [0.2, 0.25) is 0 Å². The first-order chi connectivity index (χ1) is 18.4. The first kappa shape index (κ1) is 24.8. The predicted octanol–water partition coefficient (Wildman–Crippen LogP) is 1.80. The largest absolute Gasteiger partial charge is 0.369 e. The van der Waals surface area contributed by atoms with E-state index in [0.29, 0.717) is 36.7 Å². The Bertz CT molecular complexity index is 1410. The first-order valence-corrected chi connectivity index (χ1v) is 13.8. The summed E-state index contributed by atoms with van der Waals surface area (Å²) in [4.78, 5) is 48.3. The number of likely N-dealkylation sites (N-methyl/N-ethyl adjacent to an activating group) is 1. The van der Waals surface area contributed by atoms with Gasteiger partial charge in [0.15, 0.2) is 0 Å². The van der Waals surface area contributed by atoms with Crippen molar-refractivity contribution in [3.05, 3.63) is 64.5 Å². The van der Waals surface area contributed by atoms with Crippen LogP contribution in [0, 0.1) is 0 Å². The number of para-hydroxylation sites is 1. The molecule has 3 aliphatic rings. The van der Waals surface area contributed by atoms with E-state index >= 15 is 0 Å². The first-order valence-electron chi connectivity index (χ1n) is 13.0. The maximum absolute atomic E-state index is 13.9. The molecule has 9 nitrogen and oxygen atoms in total. The van der Waals surface area contributed by atoms with Gasteiger partial charge in [-0.1, -0.05) is 36.4 Å². The Labute approximate surface area is 226 Å². The van der Waals surface area contributed by atoms with Gasteiger partial charge < -0.3 is 25.3 Å². The van der Waals surface area contributed by atoms with Crippen LogP contribution in [0.4, 0.5) is 5.69 Å². The van der Waals surface area contributed by atoms with Crippen LogP contribution in [0.25, 0.3) is 10.1 Å². The van der Waals surface area contributed by atoms with E-state index in [4.69, 9.17) is 0 Å². The molecule has 2 aromatic carbocycles. The van der Waals surface area contributed by atoms with Gasteiger partial charge in [-0.25, -0.2) is 0 Å². The highest BCUT2D eigenvalue weighted by Gasteiger charge is 2.57. The number of nitrogens with zero attached hydrogens (tertiary/aromatic N) is 4. The Morgan fingerprint density at radius 1 is 1.05 bits per heavy atom. The summed E-state index contributed by atoms with van der Waals surface area (Å²) in [7, 11) is 3.69. The summed E-state index contributed by atoms with van der Waals surface area (Å²) in [5.41, 5.74) is 2.00. The molecule has 0 aliphatic carbocycles. The second-order valence-corrected chi connectivity index (χ2v) is 11.4. The van der Waals surface area contributed by atoms with E-state index in [1.54, 1.807) is 16.8 Å². The van der Waals surface area contributed by atoms with Gasteiger partial charge in [0.2, 0.25) is 5.91 Å². The van der Waals surface area contributed by atoms with Crippen LogP contribution in [-0.2, 0) is 11.3 Å². The van der Waals surface area contributed by atoms with E-state index in [-0.39, 0.29) is 17.7 Å². The molecule has 3 saturated heterocycles. The second-order valence-electron chi connectivity index (χ2n) is 10.4. The van der Waals surface area contributed by atoms with Crippen molar-refractivity contribution in [1.82, 2.24) is 25.3 Å². The van der Waals surface area contributed by atoms with Gasteiger partial charge in [-0.2, -0.15) is 0 Å². The fourth-order valence-corrected chi connectivity index (χ4v) is 6.91. The maximum Gasteiger partial charge on any atom is 0.264 e. The minimum absolute atomic E-state index is 0.0431. The van der Waals surface area contributed by atoms with Gasteiger partial charge >= 0.3 is 0 Å². The summed E-state index contributed by atoms with van der Waals surface area (Å²) in [5, 5.41) is 7.04. The summed E-state index contributed by atoms with van der Waals surface area (Å²) in [6.07, 6.45) is 0. The van der Waals surface area contributed by atoms with Crippen LogP contribution < -0.4 is 15.5 Å². The van der Waals surface area contributed by atoms with Crippen LogP contribution in [0.15, 0.2) is 48.5 Å². The number of hydrogen-bond acceptors (Lipinski definition) is 7. The Hall–Kier alpha value is -3.47. The zero-order valence-electron chi connectivity index (χ0n) is 21.7. The number of anilines is 1. The lowest BCUT2D eigenvalue weighted by Crippen LogP contribution is -2.71. The standard InChI is InChI=1S/C28H32N6O3S/c1-31(15-19-7-3-5-9-21(19)33-13-11-29-12-14-33)26(36)24-23(20-8-4-6-10-22(20)38-24)25(35)34-16-28(17-34)27(37)30-18-32(28)2/h3-10,29H,11-18H2,1-2H3,(H,30,37). The van der Waals surface area contributed by atoms with E-state index in [0.717, 1.165) is 47.5 Å². The minimum atomic E-state index is -0.671. The molecule has 1 spiro atoms. The lowest BCUT2D eigenvalue weighted by Gasteiger charge is -2.49. The van der Waals surface area contributed by atoms with Crippen LogP contribution in [0.1, 0.15) is 25.6 Å². The fourth-order valence-electron chi connectivity index (χ4n) is 5.72. The molecule has 0 bridgehead atoms. The van der Waals surface area contributed by atoms with Gasteiger partial charge in [-0.05, 0) is 24.7 Å². The molecule has 3 amide bonds. The summed E-state index contributed by atoms with van der Waals surface area (Å²) >= 11 is 1.36. The molecule has 6 rings (SSSR count). The molecule has 0 atom stereocenters. The van der Waals surface area contributed by atoms with Crippen molar-refractivity contribution in [3.8, 4) is 0 Å². The average Bonchev–Trinajstić information content (AvgIpc) is 3.45. The van der Waals surface area contributed by atoms with E-state index < -0.39 is 5.54 Å². The number of likely N-dealkylation sites (tertiary alicyclic amines) is 1. The highest BCUT2D eigenvalue weighted by Crippen LogP contribution is 2.37. The highest BCUT2D eigenvalue weighted by molar-refractivity contribution is 7.21. The van der Waals surface area contributed by atoms with Gasteiger partial charge in [0.1, 0.15) is 10.4 Å².